The number of aryl methyl sites for hydroxylation is 2. The van der Waals surface area contributed by atoms with Crippen LogP contribution in [0.4, 0.5) is 11.8 Å². The van der Waals surface area contributed by atoms with Crippen LogP contribution in [0.25, 0.3) is 20.8 Å². The van der Waals surface area contributed by atoms with Crippen molar-refractivity contribution in [2.24, 2.45) is 5.92 Å². The molecule has 212 valence electrons. The SMILES string of the molecule is Cc1ccc([C@@H](C)Nc2nc(C)c(-c3nc4c(C5CC5)nccc4s3)c(N[C@@H]3C[C@H](CO)[C@@H](O)[C@H]3O)n2)cc1.Cl. The highest BCUT2D eigenvalue weighted by molar-refractivity contribution is 7.21. The summed E-state index contributed by atoms with van der Waals surface area (Å²) in [4.78, 5) is 19.3. The molecule has 3 aromatic heterocycles. The fourth-order valence-corrected chi connectivity index (χ4v) is 6.46. The third kappa shape index (κ3) is 5.51. The number of hydrogen-bond acceptors (Lipinski definition) is 10. The smallest absolute Gasteiger partial charge is 0.225 e. The standard InChI is InChI=1S/C29H34N6O3S.ClH/c1-14-4-6-17(7-5-14)15(2)31-29-32-16(3)22(27(35-29)33-20-12-19(13-36)25(37)26(20)38)28-34-24-21(39-28)10-11-30-23(24)18-8-9-18;/h4-7,10-11,15,18-20,25-26,36-38H,8-9,12-13H2,1-3H3,(H2,31,32,33,35);1H/t15-,19-,20-,25-,26+;/m1./s1. The first-order valence-corrected chi connectivity index (χ1v) is 14.3. The van der Waals surface area contributed by atoms with Crippen LogP contribution in [0.1, 0.15) is 60.7 Å². The molecule has 1 aromatic carbocycles. The Morgan fingerprint density at radius 2 is 1.77 bits per heavy atom. The minimum atomic E-state index is -1.03. The normalized spacial score (nSPS) is 23.1. The van der Waals surface area contributed by atoms with Crippen molar-refractivity contribution in [3.63, 3.8) is 0 Å². The van der Waals surface area contributed by atoms with Gasteiger partial charge in [-0.05, 0) is 51.7 Å². The Labute approximate surface area is 243 Å². The maximum absolute atomic E-state index is 10.8. The van der Waals surface area contributed by atoms with Crippen molar-refractivity contribution in [3.05, 3.63) is 59.0 Å². The Balaban J connectivity index is 0.00000323. The van der Waals surface area contributed by atoms with E-state index in [2.05, 4.69) is 53.7 Å². The van der Waals surface area contributed by atoms with Crippen LogP contribution in [0.2, 0.25) is 0 Å². The predicted octanol–water partition coefficient (Wildman–Crippen LogP) is 4.75. The zero-order valence-corrected chi connectivity index (χ0v) is 24.3. The third-order valence-corrected chi connectivity index (χ3v) is 8.92. The molecule has 2 aliphatic carbocycles. The Hall–Kier alpha value is -2.89. The van der Waals surface area contributed by atoms with Crippen molar-refractivity contribution in [1.29, 1.82) is 0 Å². The van der Waals surface area contributed by atoms with Crippen LogP contribution in [0, 0.1) is 19.8 Å². The first-order valence-electron chi connectivity index (χ1n) is 13.5. The van der Waals surface area contributed by atoms with E-state index in [0.717, 1.165) is 50.6 Å². The van der Waals surface area contributed by atoms with Crippen LogP contribution in [-0.4, -0.2) is 60.1 Å². The average Bonchev–Trinajstić information content (AvgIpc) is 3.62. The summed E-state index contributed by atoms with van der Waals surface area (Å²) in [6, 6.07) is 9.82. The van der Waals surface area contributed by atoms with E-state index in [1.165, 1.54) is 5.56 Å². The van der Waals surface area contributed by atoms with E-state index in [0.29, 0.717) is 24.1 Å². The van der Waals surface area contributed by atoms with Crippen molar-refractivity contribution < 1.29 is 15.3 Å². The number of thiazole rings is 1. The number of benzene rings is 1. The summed E-state index contributed by atoms with van der Waals surface area (Å²) in [7, 11) is 0. The summed E-state index contributed by atoms with van der Waals surface area (Å²) in [5.74, 6) is 1.06. The molecule has 0 unspecified atom stereocenters. The lowest BCUT2D eigenvalue weighted by Gasteiger charge is -2.22. The molecule has 2 saturated carbocycles. The first-order chi connectivity index (χ1) is 18.8. The van der Waals surface area contributed by atoms with Gasteiger partial charge in [0.15, 0.2) is 0 Å². The molecule has 11 heteroatoms. The second-order valence-electron chi connectivity index (χ2n) is 10.9. The van der Waals surface area contributed by atoms with Crippen molar-refractivity contribution >= 4 is 45.7 Å². The number of hydrogen-bond donors (Lipinski definition) is 5. The summed E-state index contributed by atoms with van der Waals surface area (Å²) < 4.78 is 1.07. The van der Waals surface area contributed by atoms with Crippen molar-refractivity contribution in [2.75, 3.05) is 17.2 Å². The fourth-order valence-electron chi connectivity index (χ4n) is 5.39. The number of nitrogens with one attached hydrogen (secondary N) is 2. The molecule has 6 rings (SSSR count). The molecule has 9 nitrogen and oxygen atoms in total. The van der Waals surface area contributed by atoms with Gasteiger partial charge in [0.25, 0.3) is 0 Å². The highest BCUT2D eigenvalue weighted by atomic mass is 35.5. The number of nitrogens with zero attached hydrogens (tertiary/aromatic N) is 4. The van der Waals surface area contributed by atoms with E-state index < -0.39 is 24.2 Å². The summed E-state index contributed by atoms with van der Waals surface area (Å²) in [6.07, 6.45) is 2.51. The van der Waals surface area contributed by atoms with E-state index in [4.69, 9.17) is 15.0 Å². The number of aliphatic hydroxyl groups excluding tert-OH is 3. The second-order valence-corrected chi connectivity index (χ2v) is 11.9. The molecule has 2 fully saturated rings. The molecule has 0 amide bonds. The van der Waals surface area contributed by atoms with Gasteiger partial charge in [0, 0.05) is 24.6 Å². The van der Waals surface area contributed by atoms with Gasteiger partial charge >= 0.3 is 0 Å². The van der Waals surface area contributed by atoms with Crippen LogP contribution < -0.4 is 10.6 Å². The number of rotatable bonds is 8. The second kappa shape index (κ2) is 11.5. The monoisotopic (exact) mass is 582 g/mol. The molecule has 40 heavy (non-hydrogen) atoms. The molecule has 5 atom stereocenters. The molecule has 2 aliphatic rings. The predicted molar refractivity (Wildman–Crippen MR) is 160 cm³/mol. The molecule has 3 heterocycles. The van der Waals surface area contributed by atoms with Crippen LogP contribution in [0.3, 0.4) is 0 Å². The lowest BCUT2D eigenvalue weighted by Crippen LogP contribution is -2.35. The Kier molecular flexibility index (Phi) is 8.26. The van der Waals surface area contributed by atoms with Gasteiger partial charge in [0.2, 0.25) is 5.95 Å². The Bertz CT molecular complexity index is 1500. The van der Waals surface area contributed by atoms with E-state index in [1.54, 1.807) is 11.3 Å². The highest BCUT2D eigenvalue weighted by Crippen LogP contribution is 2.44. The summed E-state index contributed by atoms with van der Waals surface area (Å²) in [6.45, 7) is 5.87. The molecule has 0 radical (unpaired) electrons. The fraction of sp³-hybridized carbons (Fsp3) is 0.448. The van der Waals surface area contributed by atoms with Gasteiger partial charge < -0.3 is 26.0 Å². The highest BCUT2D eigenvalue weighted by Gasteiger charge is 2.41. The average molecular weight is 583 g/mol. The Morgan fingerprint density at radius 3 is 2.45 bits per heavy atom. The first kappa shape index (κ1) is 28.6. The number of fused-ring (bicyclic) bond motifs is 1. The minimum Gasteiger partial charge on any atom is -0.396 e. The van der Waals surface area contributed by atoms with Gasteiger partial charge in [0.1, 0.15) is 22.4 Å². The molecule has 5 N–H and O–H groups in total. The quantitative estimate of drug-likeness (QED) is 0.199. The zero-order chi connectivity index (χ0) is 27.3. The number of halogens is 1. The van der Waals surface area contributed by atoms with Crippen molar-refractivity contribution in [1.82, 2.24) is 19.9 Å². The molecular weight excluding hydrogens is 548 g/mol. The lowest BCUT2D eigenvalue weighted by atomic mass is 10.1. The van der Waals surface area contributed by atoms with Gasteiger partial charge in [-0.1, -0.05) is 29.8 Å². The lowest BCUT2D eigenvalue weighted by molar-refractivity contribution is 0.00446. The van der Waals surface area contributed by atoms with Gasteiger partial charge in [-0.25, -0.2) is 9.97 Å². The molecule has 0 saturated heterocycles. The maximum Gasteiger partial charge on any atom is 0.225 e. The van der Waals surface area contributed by atoms with E-state index in [1.807, 2.05) is 19.2 Å². The van der Waals surface area contributed by atoms with Crippen molar-refractivity contribution in [2.45, 2.75) is 70.2 Å². The molecular formula is C29H35ClN6O3S. The van der Waals surface area contributed by atoms with Gasteiger partial charge in [0.05, 0.1) is 39.8 Å². The number of aromatic nitrogens is 4. The van der Waals surface area contributed by atoms with Gasteiger partial charge in [-0.15, -0.1) is 23.7 Å². The van der Waals surface area contributed by atoms with Crippen LogP contribution in [0.15, 0.2) is 36.5 Å². The third-order valence-electron chi connectivity index (χ3n) is 7.88. The summed E-state index contributed by atoms with van der Waals surface area (Å²) in [5, 5.41) is 38.5. The molecule has 0 bridgehead atoms. The van der Waals surface area contributed by atoms with E-state index >= 15 is 0 Å². The minimum absolute atomic E-state index is 0. The molecule has 4 aromatic rings. The van der Waals surface area contributed by atoms with Crippen LogP contribution >= 0.6 is 23.7 Å². The van der Waals surface area contributed by atoms with Gasteiger partial charge in [-0.2, -0.15) is 4.98 Å². The van der Waals surface area contributed by atoms with Gasteiger partial charge in [-0.3, -0.25) is 4.98 Å². The van der Waals surface area contributed by atoms with Crippen LogP contribution in [-0.2, 0) is 0 Å². The summed E-state index contributed by atoms with van der Waals surface area (Å²) >= 11 is 1.58. The van der Waals surface area contributed by atoms with Crippen molar-refractivity contribution in [3.8, 4) is 10.6 Å². The van der Waals surface area contributed by atoms with Crippen LogP contribution in [0.5, 0.6) is 0 Å². The molecule has 0 spiro atoms. The zero-order valence-electron chi connectivity index (χ0n) is 22.7. The topological polar surface area (TPSA) is 136 Å². The number of anilines is 2. The van der Waals surface area contributed by atoms with E-state index in [-0.39, 0.29) is 25.1 Å². The Morgan fingerprint density at radius 1 is 1.02 bits per heavy atom. The molecule has 0 aliphatic heterocycles. The summed E-state index contributed by atoms with van der Waals surface area (Å²) in [5.41, 5.74) is 5.80. The number of aliphatic hydroxyl groups is 3. The largest absolute Gasteiger partial charge is 0.396 e. The number of pyridine rings is 1. The van der Waals surface area contributed by atoms with E-state index in [9.17, 15) is 15.3 Å². The maximum atomic E-state index is 10.8.